The lowest BCUT2D eigenvalue weighted by Gasteiger charge is -2.23. The Bertz CT molecular complexity index is 713. The van der Waals surface area contributed by atoms with Crippen LogP contribution in [0.25, 0.3) is 0 Å². The zero-order chi connectivity index (χ0) is 13.8. The Morgan fingerprint density at radius 1 is 1.00 bits per heavy atom. The third-order valence-corrected chi connectivity index (χ3v) is 3.59. The number of anilines is 3. The first-order valence-corrected chi connectivity index (χ1v) is 7.05. The highest BCUT2D eigenvalue weighted by Gasteiger charge is 2.12. The standard InChI is InChI=1S/C16H11N3S/c17-10-13-3-5-14(6-4-13)19(16-7-9-20-12-16)15-2-1-8-18-11-15/h1-9,11-12H. The molecule has 3 rings (SSSR count). The van der Waals surface area contributed by atoms with E-state index in [0.717, 1.165) is 17.1 Å². The smallest absolute Gasteiger partial charge is 0.0991 e. The normalized spacial score (nSPS) is 9.95. The Balaban J connectivity index is 2.08. The zero-order valence-corrected chi connectivity index (χ0v) is 11.4. The fraction of sp³-hybridized carbons (Fsp3) is 0. The number of pyridine rings is 1. The van der Waals surface area contributed by atoms with Crippen LogP contribution in [0.15, 0.2) is 65.6 Å². The van der Waals surface area contributed by atoms with Crippen LogP contribution in [0.2, 0.25) is 0 Å². The molecule has 0 aliphatic rings. The minimum atomic E-state index is 0.658. The van der Waals surface area contributed by atoms with Crippen LogP contribution < -0.4 is 4.90 Å². The molecule has 1 aromatic carbocycles. The highest BCUT2D eigenvalue weighted by molar-refractivity contribution is 7.08. The number of rotatable bonds is 3. The summed E-state index contributed by atoms with van der Waals surface area (Å²) in [6.45, 7) is 0. The van der Waals surface area contributed by atoms with Gasteiger partial charge in [0.2, 0.25) is 0 Å². The van der Waals surface area contributed by atoms with E-state index in [9.17, 15) is 0 Å². The molecule has 0 radical (unpaired) electrons. The fourth-order valence-corrected chi connectivity index (χ4v) is 2.62. The molecule has 96 valence electrons. The Labute approximate surface area is 121 Å². The average molecular weight is 277 g/mol. The quantitative estimate of drug-likeness (QED) is 0.708. The molecule has 0 amide bonds. The maximum atomic E-state index is 8.90. The lowest BCUT2D eigenvalue weighted by Crippen LogP contribution is -2.09. The largest absolute Gasteiger partial charge is 0.308 e. The van der Waals surface area contributed by atoms with Gasteiger partial charge in [0.15, 0.2) is 0 Å². The number of nitriles is 1. The lowest BCUT2D eigenvalue weighted by molar-refractivity contribution is 1.23. The molecule has 0 saturated heterocycles. The summed E-state index contributed by atoms with van der Waals surface area (Å²) in [5, 5.41) is 13.0. The van der Waals surface area contributed by atoms with Crippen molar-refractivity contribution >= 4 is 28.4 Å². The van der Waals surface area contributed by atoms with E-state index in [1.165, 1.54) is 0 Å². The van der Waals surface area contributed by atoms with Gasteiger partial charge < -0.3 is 4.90 Å². The molecule has 0 spiro atoms. The first-order valence-electron chi connectivity index (χ1n) is 6.11. The molecule has 0 bridgehead atoms. The summed E-state index contributed by atoms with van der Waals surface area (Å²) in [5.41, 5.74) is 3.75. The molecule has 3 aromatic rings. The molecule has 3 nitrogen and oxygen atoms in total. The second-order valence-corrected chi connectivity index (χ2v) is 4.97. The van der Waals surface area contributed by atoms with Crippen molar-refractivity contribution in [3.8, 4) is 6.07 Å². The maximum Gasteiger partial charge on any atom is 0.0991 e. The van der Waals surface area contributed by atoms with Gasteiger partial charge in [-0.25, -0.2) is 0 Å². The molecule has 2 aromatic heterocycles. The van der Waals surface area contributed by atoms with Crippen molar-refractivity contribution in [2.45, 2.75) is 0 Å². The van der Waals surface area contributed by atoms with E-state index in [2.05, 4.69) is 27.4 Å². The van der Waals surface area contributed by atoms with Gasteiger partial charge in [-0.3, -0.25) is 4.98 Å². The molecule has 0 fully saturated rings. The van der Waals surface area contributed by atoms with Crippen molar-refractivity contribution in [1.29, 1.82) is 5.26 Å². The summed E-state index contributed by atoms with van der Waals surface area (Å²) in [7, 11) is 0. The van der Waals surface area contributed by atoms with E-state index < -0.39 is 0 Å². The van der Waals surface area contributed by atoms with E-state index in [-0.39, 0.29) is 0 Å². The predicted octanol–water partition coefficient (Wildman–Crippen LogP) is 4.48. The van der Waals surface area contributed by atoms with E-state index in [1.54, 1.807) is 17.5 Å². The van der Waals surface area contributed by atoms with Crippen LogP contribution in [0.4, 0.5) is 17.1 Å². The van der Waals surface area contributed by atoms with Gasteiger partial charge in [-0.2, -0.15) is 16.6 Å². The van der Waals surface area contributed by atoms with Crippen LogP contribution in [-0.4, -0.2) is 4.98 Å². The molecule has 0 atom stereocenters. The second-order valence-electron chi connectivity index (χ2n) is 4.19. The predicted molar refractivity (Wildman–Crippen MR) is 81.5 cm³/mol. The number of hydrogen-bond donors (Lipinski definition) is 0. The molecule has 4 heteroatoms. The van der Waals surface area contributed by atoms with Crippen molar-refractivity contribution in [2.75, 3.05) is 4.90 Å². The van der Waals surface area contributed by atoms with Gasteiger partial charge in [-0.05, 0) is 47.8 Å². The van der Waals surface area contributed by atoms with Crippen LogP contribution >= 0.6 is 11.3 Å². The number of benzene rings is 1. The van der Waals surface area contributed by atoms with E-state index in [1.807, 2.05) is 48.0 Å². The summed E-state index contributed by atoms with van der Waals surface area (Å²) in [6.07, 6.45) is 3.59. The zero-order valence-electron chi connectivity index (χ0n) is 10.6. The lowest BCUT2D eigenvalue weighted by atomic mass is 10.2. The Hall–Kier alpha value is -2.64. The Morgan fingerprint density at radius 2 is 1.85 bits per heavy atom. The highest BCUT2D eigenvalue weighted by Crippen LogP contribution is 2.34. The van der Waals surface area contributed by atoms with Gasteiger partial charge in [0.05, 0.1) is 29.2 Å². The van der Waals surface area contributed by atoms with Crippen LogP contribution in [0.5, 0.6) is 0 Å². The second kappa shape index (κ2) is 5.55. The molecular formula is C16H11N3S. The number of nitrogens with zero attached hydrogens (tertiary/aromatic N) is 3. The number of aromatic nitrogens is 1. The van der Waals surface area contributed by atoms with Crippen LogP contribution in [0, 0.1) is 11.3 Å². The van der Waals surface area contributed by atoms with Crippen LogP contribution in [0.1, 0.15) is 5.56 Å². The molecule has 0 saturated carbocycles. The third-order valence-electron chi connectivity index (χ3n) is 2.92. The fourth-order valence-electron chi connectivity index (χ4n) is 2.00. The summed E-state index contributed by atoms with van der Waals surface area (Å²) < 4.78 is 0. The summed E-state index contributed by atoms with van der Waals surface area (Å²) >= 11 is 1.65. The van der Waals surface area contributed by atoms with Gasteiger partial charge >= 0.3 is 0 Å². The number of thiophene rings is 1. The summed E-state index contributed by atoms with van der Waals surface area (Å²) in [4.78, 5) is 6.30. The van der Waals surface area contributed by atoms with Gasteiger partial charge in [0.1, 0.15) is 0 Å². The van der Waals surface area contributed by atoms with Gasteiger partial charge in [0, 0.05) is 17.3 Å². The Morgan fingerprint density at radius 3 is 2.45 bits per heavy atom. The molecular weight excluding hydrogens is 266 g/mol. The molecule has 2 heterocycles. The summed E-state index contributed by atoms with van der Waals surface area (Å²) in [6, 6.07) is 15.7. The minimum absolute atomic E-state index is 0.658. The van der Waals surface area contributed by atoms with Crippen molar-refractivity contribution in [2.24, 2.45) is 0 Å². The molecule has 0 aliphatic heterocycles. The van der Waals surface area contributed by atoms with Crippen LogP contribution in [0.3, 0.4) is 0 Å². The summed E-state index contributed by atoms with van der Waals surface area (Å²) in [5.74, 6) is 0. The van der Waals surface area contributed by atoms with E-state index in [0.29, 0.717) is 5.56 Å². The van der Waals surface area contributed by atoms with Crippen LogP contribution in [-0.2, 0) is 0 Å². The van der Waals surface area contributed by atoms with E-state index in [4.69, 9.17) is 5.26 Å². The first kappa shape index (κ1) is 12.4. The van der Waals surface area contributed by atoms with Crippen molar-refractivity contribution in [1.82, 2.24) is 4.98 Å². The van der Waals surface area contributed by atoms with E-state index >= 15 is 0 Å². The topological polar surface area (TPSA) is 39.9 Å². The maximum absolute atomic E-state index is 8.90. The molecule has 0 unspecified atom stereocenters. The third kappa shape index (κ3) is 2.40. The molecule has 0 aliphatic carbocycles. The highest BCUT2D eigenvalue weighted by atomic mass is 32.1. The molecule has 20 heavy (non-hydrogen) atoms. The van der Waals surface area contributed by atoms with Gasteiger partial charge in [0.25, 0.3) is 0 Å². The monoisotopic (exact) mass is 277 g/mol. The SMILES string of the molecule is N#Cc1ccc(N(c2cccnc2)c2ccsc2)cc1. The minimum Gasteiger partial charge on any atom is -0.308 e. The number of hydrogen-bond acceptors (Lipinski definition) is 4. The molecule has 0 N–H and O–H groups in total. The van der Waals surface area contributed by atoms with Crippen molar-refractivity contribution in [3.05, 3.63) is 71.2 Å². The van der Waals surface area contributed by atoms with Crippen molar-refractivity contribution < 1.29 is 0 Å². The van der Waals surface area contributed by atoms with Crippen molar-refractivity contribution in [3.63, 3.8) is 0 Å². The average Bonchev–Trinajstić information content (AvgIpc) is 3.03. The van der Waals surface area contributed by atoms with Gasteiger partial charge in [-0.1, -0.05) is 0 Å². The Kier molecular flexibility index (Phi) is 3.44. The van der Waals surface area contributed by atoms with Gasteiger partial charge in [-0.15, -0.1) is 0 Å². The first-order chi connectivity index (χ1) is 9.88.